The second kappa shape index (κ2) is 5.18. The molecule has 0 aromatic heterocycles. The number of nitrogen functional groups attached to an aromatic ring is 1. The number of aryl methyl sites for hydroxylation is 1. The number of hydrogen-bond acceptors (Lipinski definition) is 2. The van der Waals surface area contributed by atoms with Gasteiger partial charge in [0.1, 0.15) is 11.6 Å². The van der Waals surface area contributed by atoms with E-state index in [1.165, 1.54) is 6.07 Å². The third-order valence-corrected chi connectivity index (χ3v) is 2.96. The first-order chi connectivity index (χ1) is 8.97. The lowest BCUT2D eigenvalue weighted by molar-refractivity contribution is 0.0991. The highest BCUT2D eigenvalue weighted by Gasteiger charge is 2.12. The highest BCUT2D eigenvalue weighted by atomic mass is 19.1. The first-order valence-electron chi connectivity index (χ1n) is 5.80. The molecule has 0 spiro atoms. The van der Waals surface area contributed by atoms with Crippen LogP contribution < -0.4 is 5.73 Å². The van der Waals surface area contributed by atoms with Gasteiger partial charge in [-0.2, -0.15) is 0 Å². The number of rotatable bonds is 3. The fourth-order valence-corrected chi connectivity index (χ4v) is 1.79. The minimum absolute atomic E-state index is 0.102. The number of hydrogen-bond donors (Lipinski definition) is 1. The summed E-state index contributed by atoms with van der Waals surface area (Å²) in [7, 11) is 0. The number of carbonyl (C=O) groups excluding carboxylic acids is 1. The summed E-state index contributed by atoms with van der Waals surface area (Å²) in [6, 6.07) is 8.11. The summed E-state index contributed by atoms with van der Waals surface area (Å²) < 4.78 is 26.2. The molecule has 0 heterocycles. The van der Waals surface area contributed by atoms with Crippen molar-refractivity contribution in [2.24, 2.45) is 0 Å². The minimum Gasteiger partial charge on any atom is -0.399 e. The Bertz CT molecular complexity index is 638. The van der Waals surface area contributed by atoms with Crippen molar-refractivity contribution in [3.8, 4) is 0 Å². The molecule has 0 bridgehead atoms. The van der Waals surface area contributed by atoms with Crippen molar-refractivity contribution < 1.29 is 13.6 Å². The van der Waals surface area contributed by atoms with Crippen LogP contribution in [0.25, 0.3) is 0 Å². The molecule has 0 fully saturated rings. The van der Waals surface area contributed by atoms with Crippen molar-refractivity contribution in [1.82, 2.24) is 0 Å². The van der Waals surface area contributed by atoms with Gasteiger partial charge in [-0.05, 0) is 42.3 Å². The van der Waals surface area contributed by atoms with E-state index in [4.69, 9.17) is 5.73 Å². The van der Waals surface area contributed by atoms with E-state index in [0.29, 0.717) is 11.3 Å². The van der Waals surface area contributed by atoms with Gasteiger partial charge in [-0.3, -0.25) is 4.79 Å². The number of halogens is 2. The molecule has 2 rings (SSSR count). The fraction of sp³-hybridized carbons (Fsp3) is 0.133. The normalized spacial score (nSPS) is 10.5. The fourth-order valence-electron chi connectivity index (χ4n) is 1.79. The van der Waals surface area contributed by atoms with Gasteiger partial charge in [-0.25, -0.2) is 8.78 Å². The van der Waals surface area contributed by atoms with Crippen molar-refractivity contribution >= 4 is 11.5 Å². The van der Waals surface area contributed by atoms with E-state index in [-0.39, 0.29) is 17.8 Å². The highest BCUT2D eigenvalue weighted by molar-refractivity contribution is 5.98. The van der Waals surface area contributed by atoms with Crippen molar-refractivity contribution in [2.75, 3.05) is 5.73 Å². The van der Waals surface area contributed by atoms with Crippen LogP contribution >= 0.6 is 0 Å². The molecule has 2 N–H and O–H groups in total. The van der Waals surface area contributed by atoms with Crippen molar-refractivity contribution in [1.29, 1.82) is 0 Å². The van der Waals surface area contributed by atoms with Crippen LogP contribution in [0.1, 0.15) is 21.5 Å². The van der Waals surface area contributed by atoms with E-state index in [9.17, 15) is 13.6 Å². The van der Waals surface area contributed by atoms with Crippen LogP contribution in [-0.2, 0) is 6.42 Å². The number of benzene rings is 2. The summed E-state index contributed by atoms with van der Waals surface area (Å²) >= 11 is 0. The van der Waals surface area contributed by atoms with Crippen LogP contribution in [0, 0.1) is 18.6 Å². The van der Waals surface area contributed by atoms with Gasteiger partial charge in [-0.15, -0.1) is 0 Å². The Morgan fingerprint density at radius 2 is 1.89 bits per heavy atom. The monoisotopic (exact) mass is 261 g/mol. The molecule has 2 aromatic carbocycles. The Hall–Kier alpha value is -2.23. The summed E-state index contributed by atoms with van der Waals surface area (Å²) in [6.45, 7) is 1.80. The Morgan fingerprint density at radius 1 is 1.16 bits per heavy atom. The molecule has 0 atom stereocenters. The molecule has 98 valence electrons. The SMILES string of the molecule is Cc1cc(C(=O)Cc2ccc(F)cc2F)ccc1N. The largest absolute Gasteiger partial charge is 0.399 e. The second-order valence-corrected chi connectivity index (χ2v) is 4.41. The lowest BCUT2D eigenvalue weighted by atomic mass is 10.0. The Kier molecular flexibility index (Phi) is 3.60. The summed E-state index contributed by atoms with van der Waals surface area (Å²) in [5.41, 5.74) is 7.72. The van der Waals surface area contributed by atoms with Crippen LogP contribution in [0.15, 0.2) is 36.4 Å². The number of carbonyl (C=O) groups is 1. The van der Waals surface area contributed by atoms with Crippen molar-refractivity contribution in [2.45, 2.75) is 13.3 Å². The lowest BCUT2D eigenvalue weighted by Gasteiger charge is -2.05. The number of anilines is 1. The molecule has 0 saturated carbocycles. The zero-order valence-corrected chi connectivity index (χ0v) is 10.4. The lowest BCUT2D eigenvalue weighted by Crippen LogP contribution is -2.06. The van der Waals surface area contributed by atoms with E-state index in [2.05, 4.69) is 0 Å². The zero-order valence-electron chi connectivity index (χ0n) is 10.4. The molecule has 0 radical (unpaired) electrons. The molecule has 0 saturated heterocycles. The molecule has 4 heteroatoms. The molecule has 0 aliphatic heterocycles. The first-order valence-corrected chi connectivity index (χ1v) is 5.80. The predicted molar refractivity (Wildman–Crippen MR) is 70.0 cm³/mol. The van der Waals surface area contributed by atoms with Gasteiger partial charge in [0.25, 0.3) is 0 Å². The van der Waals surface area contributed by atoms with Gasteiger partial charge in [0.05, 0.1) is 0 Å². The van der Waals surface area contributed by atoms with Crippen LogP contribution in [0.5, 0.6) is 0 Å². The van der Waals surface area contributed by atoms with E-state index < -0.39 is 11.6 Å². The molecule has 0 aliphatic rings. The third-order valence-electron chi connectivity index (χ3n) is 2.96. The molecule has 19 heavy (non-hydrogen) atoms. The summed E-state index contributed by atoms with van der Waals surface area (Å²) in [4.78, 5) is 12.0. The standard InChI is InChI=1S/C15H13F2NO/c1-9-6-11(3-5-14(9)18)15(19)7-10-2-4-12(16)8-13(10)17/h2-6,8H,7,18H2,1H3. The van der Waals surface area contributed by atoms with Gasteiger partial charge in [-0.1, -0.05) is 6.07 Å². The highest BCUT2D eigenvalue weighted by Crippen LogP contribution is 2.16. The van der Waals surface area contributed by atoms with Gasteiger partial charge in [0.15, 0.2) is 5.78 Å². The van der Waals surface area contributed by atoms with Crippen LogP contribution in [0.4, 0.5) is 14.5 Å². The quantitative estimate of drug-likeness (QED) is 0.680. The first kappa shape index (κ1) is 13.2. The second-order valence-electron chi connectivity index (χ2n) is 4.41. The molecule has 0 aliphatic carbocycles. The topological polar surface area (TPSA) is 43.1 Å². The smallest absolute Gasteiger partial charge is 0.167 e. The van der Waals surface area contributed by atoms with Gasteiger partial charge >= 0.3 is 0 Å². The number of nitrogens with two attached hydrogens (primary N) is 1. The Morgan fingerprint density at radius 3 is 2.53 bits per heavy atom. The van der Waals surface area contributed by atoms with Crippen LogP contribution in [0.2, 0.25) is 0 Å². The average molecular weight is 261 g/mol. The van der Waals surface area contributed by atoms with E-state index in [1.807, 2.05) is 0 Å². The summed E-state index contributed by atoms with van der Waals surface area (Å²) in [6.07, 6.45) is -0.102. The number of ketones is 1. The minimum atomic E-state index is -0.708. The molecular formula is C15H13F2NO. The Labute approximate surface area is 109 Å². The number of Topliss-reactive ketones (excluding diaryl/α,β-unsaturated/α-hetero) is 1. The average Bonchev–Trinajstić information content (AvgIpc) is 2.36. The molecule has 2 aromatic rings. The van der Waals surface area contributed by atoms with E-state index in [0.717, 1.165) is 17.7 Å². The summed E-state index contributed by atoms with van der Waals surface area (Å²) in [5, 5.41) is 0. The molecular weight excluding hydrogens is 248 g/mol. The van der Waals surface area contributed by atoms with Crippen molar-refractivity contribution in [3.63, 3.8) is 0 Å². The maximum Gasteiger partial charge on any atom is 0.167 e. The maximum absolute atomic E-state index is 13.5. The Balaban J connectivity index is 2.23. The van der Waals surface area contributed by atoms with Gasteiger partial charge in [0, 0.05) is 23.7 Å². The summed E-state index contributed by atoms with van der Waals surface area (Å²) in [5.74, 6) is -1.59. The van der Waals surface area contributed by atoms with Crippen LogP contribution in [0.3, 0.4) is 0 Å². The molecule has 2 nitrogen and oxygen atoms in total. The van der Waals surface area contributed by atoms with Gasteiger partial charge < -0.3 is 5.73 Å². The van der Waals surface area contributed by atoms with Crippen molar-refractivity contribution in [3.05, 3.63) is 64.7 Å². The predicted octanol–water partition coefficient (Wildman–Crippen LogP) is 3.28. The van der Waals surface area contributed by atoms with Crippen LogP contribution in [-0.4, -0.2) is 5.78 Å². The third kappa shape index (κ3) is 2.96. The molecule has 0 unspecified atom stereocenters. The maximum atomic E-state index is 13.5. The molecule has 0 amide bonds. The zero-order chi connectivity index (χ0) is 14.0. The van der Waals surface area contributed by atoms with Gasteiger partial charge in [0.2, 0.25) is 0 Å². The van der Waals surface area contributed by atoms with E-state index >= 15 is 0 Å². The van der Waals surface area contributed by atoms with E-state index in [1.54, 1.807) is 25.1 Å².